The van der Waals surface area contributed by atoms with E-state index in [9.17, 15) is 4.79 Å². The average molecular weight is 281 g/mol. The number of aryl methyl sites for hydroxylation is 1. The predicted molar refractivity (Wildman–Crippen MR) is 75.1 cm³/mol. The Labute approximate surface area is 118 Å². The lowest BCUT2D eigenvalue weighted by Gasteiger charge is -1.97. The summed E-state index contributed by atoms with van der Waals surface area (Å²) >= 11 is 0. The number of rotatable bonds is 2. The molecule has 0 aromatic carbocycles. The molecule has 0 radical (unpaired) electrons. The predicted octanol–water partition coefficient (Wildman–Crippen LogP) is 0.609. The molecule has 8 heteroatoms. The van der Waals surface area contributed by atoms with Crippen molar-refractivity contribution in [2.75, 3.05) is 0 Å². The van der Waals surface area contributed by atoms with Crippen molar-refractivity contribution in [3.8, 4) is 16.8 Å². The van der Waals surface area contributed by atoms with Gasteiger partial charge in [0.05, 0.1) is 18.6 Å². The maximum absolute atomic E-state index is 11.5. The van der Waals surface area contributed by atoms with Crippen LogP contribution in [0.1, 0.15) is 0 Å². The standard InChI is InChI=1S/C13H11N7O/c1-18-7-9(4-14-18)10-5-15-20(8-10)11-6-16-19-3-2-12(21)17-13(11)19/h2-8H,1H3,(H,17,21). The number of H-pyrrole nitrogens is 1. The van der Waals surface area contributed by atoms with Crippen molar-refractivity contribution < 1.29 is 0 Å². The Bertz CT molecular complexity index is 987. The highest BCUT2D eigenvalue weighted by Crippen LogP contribution is 2.20. The first-order valence-corrected chi connectivity index (χ1v) is 6.31. The quantitative estimate of drug-likeness (QED) is 0.583. The van der Waals surface area contributed by atoms with Crippen LogP contribution < -0.4 is 5.56 Å². The summed E-state index contributed by atoms with van der Waals surface area (Å²) in [5.41, 5.74) is 3.06. The second kappa shape index (κ2) is 4.17. The molecule has 8 nitrogen and oxygen atoms in total. The minimum atomic E-state index is -0.177. The number of aromatic nitrogens is 7. The van der Waals surface area contributed by atoms with Crippen molar-refractivity contribution in [2.45, 2.75) is 0 Å². The first-order chi connectivity index (χ1) is 10.2. The summed E-state index contributed by atoms with van der Waals surface area (Å²) in [6.07, 6.45) is 10.6. The van der Waals surface area contributed by atoms with E-state index in [-0.39, 0.29) is 5.56 Å². The molecule has 4 rings (SSSR count). The van der Waals surface area contributed by atoms with E-state index in [1.165, 1.54) is 6.07 Å². The van der Waals surface area contributed by atoms with Crippen LogP contribution in [0.25, 0.3) is 22.5 Å². The molecule has 0 unspecified atom stereocenters. The largest absolute Gasteiger partial charge is 0.305 e. The Hall–Kier alpha value is -3.16. The fourth-order valence-corrected chi connectivity index (χ4v) is 2.23. The number of hydrogen-bond donors (Lipinski definition) is 1. The first kappa shape index (κ1) is 11.6. The van der Waals surface area contributed by atoms with Crippen LogP contribution in [0.2, 0.25) is 0 Å². The van der Waals surface area contributed by atoms with Gasteiger partial charge in [0.15, 0.2) is 5.65 Å². The van der Waals surface area contributed by atoms with Gasteiger partial charge in [-0.2, -0.15) is 15.3 Å². The molecule has 0 atom stereocenters. The third kappa shape index (κ3) is 1.84. The highest BCUT2D eigenvalue weighted by atomic mass is 16.1. The van der Waals surface area contributed by atoms with Crippen LogP contribution in [0.4, 0.5) is 0 Å². The van der Waals surface area contributed by atoms with Gasteiger partial charge in [-0.1, -0.05) is 0 Å². The summed E-state index contributed by atoms with van der Waals surface area (Å²) in [7, 11) is 1.87. The molecule has 4 heterocycles. The molecule has 0 amide bonds. The van der Waals surface area contributed by atoms with Crippen molar-refractivity contribution in [3.63, 3.8) is 0 Å². The summed E-state index contributed by atoms with van der Waals surface area (Å²) in [6.45, 7) is 0. The van der Waals surface area contributed by atoms with Crippen molar-refractivity contribution >= 4 is 5.65 Å². The number of hydrogen-bond acceptors (Lipinski definition) is 4. The Morgan fingerprint density at radius 2 is 1.86 bits per heavy atom. The monoisotopic (exact) mass is 281 g/mol. The van der Waals surface area contributed by atoms with Crippen LogP contribution in [0, 0.1) is 0 Å². The highest BCUT2D eigenvalue weighted by molar-refractivity contribution is 5.63. The van der Waals surface area contributed by atoms with Crippen LogP contribution in [0.5, 0.6) is 0 Å². The fraction of sp³-hybridized carbons (Fsp3) is 0.0769. The molecule has 0 aliphatic carbocycles. The number of nitrogens with one attached hydrogen (secondary N) is 1. The van der Waals surface area contributed by atoms with Crippen molar-refractivity contribution in [2.24, 2.45) is 7.05 Å². The molecule has 21 heavy (non-hydrogen) atoms. The Morgan fingerprint density at radius 3 is 2.67 bits per heavy atom. The summed E-state index contributed by atoms with van der Waals surface area (Å²) in [5.74, 6) is 0. The van der Waals surface area contributed by atoms with E-state index in [0.29, 0.717) is 11.3 Å². The molecule has 0 aliphatic rings. The van der Waals surface area contributed by atoms with E-state index >= 15 is 0 Å². The summed E-state index contributed by atoms with van der Waals surface area (Å²) in [6, 6.07) is 1.42. The van der Waals surface area contributed by atoms with E-state index in [1.807, 2.05) is 19.4 Å². The van der Waals surface area contributed by atoms with Crippen LogP contribution in [-0.2, 0) is 7.05 Å². The minimum absolute atomic E-state index is 0.177. The lowest BCUT2D eigenvalue weighted by Crippen LogP contribution is -2.07. The van der Waals surface area contributed by atoms with Gasteiger partial charge >= 0.3 is 0 Å². The van der Waals surface area contributed by atoms with Crippen LogP contribution in [0.15, 0.2) is 48.0 Å². The molecule has 104 valence electrons. The van der Waals surface area contributed by atoms with Gasteiger partial charge in [0.2, 0.25) is 0 Å². The molecule has 0 bridgehead atoms. The number of nitrogens with zero attached hydrogens (tertiary/aromatic N) is 6. The Kier molecular flexibility index (Phi) is 2.31. The second-order valence-electron chi connectivity index (χ2n) is 4.70. The van der Waals surface area contributed by atoms with Crippen LogP contribution >= 0.6 is 0 Å². The van der Waals surface area contributed by atoms with Gasteiger partial charge in [-0.15, -0.1) is 0 Å². The van der Waals surface area contributed by atoms with E-state index in [1.54, 1.807) is 38.7 Å². The molecule has 0 saturated carbocycles. The smallest absolute Gasteiger partial charge is 0.251 e. The normalized spacial score (nSPS) is 11.3. The van der Waals surface area contributed by atoms with Gasteiger partial charge < -0.3 is 4.98 Å². The van der Waals surface area contributed by atoms with Crippen molar-refractivity contribution in [1.82, 2.24) is 34.2 Å². The molecule has 0 fully saturated rings. The number of aromatic amines is 1. The molecule has 0 aliphatic heterocycles. The Balaban J connectivity index is 1.84. The summed E-state index contributed by atoms with van der Waals surface area (Å²) in [5, 5.41) is 12.7. The maximum Gasteiger partial charge on any atom is 0.251 e. The van der Waals surface area contributed by atoms with E-state index in [4.69, 9.17) is 0 Å². The molecule has 1 N–H and O–H groups in total. The molecular formula is C13H11N7O. The third-order valence-corrected chi connectivity index (χ3v) is 3.25. The van der Waals surface area contributed by atoms with E-state index in [0.717, 1.165) is 11.1 Å². The zero-order valence-electron chi connectivity index (χ0n) is 11.1. The van der Waals surface area contributed by atoms with Gasteiger partial charge in [0.25, 0.3) is 5.56 Å². The lowest BCUT2D eigenvalue weighted by atomic mass is 10.2. The highest BCUT2D eigenvalue weighted by Gasteiger charge is 2.10. The van der Waals surface area contributed by atoms with Gasteiger partial charge in [-0.25, -0.2) is 9.20 Å². The topological polar surface area (TPSA) is 85.8 Å². The minimum Gasteiger partial charge on any atom is -0.305 e. The zero-order valence-corrected chi connectivity index (χ0v) is 11.1. The van der Waals surface area contributed by atoms with Gasteiger partial charge in [0.1, 0.15) is 5.69 Å². The van der Waals surface area contributed by atoms with Crippen LogP contribution in [-0.4, -0.2) is 34.2 Å². The zero-order chi connectivity index (χ0) is 14.4. The van der Waals surface area contributed by atoms with Gasteiger partial charge in [-0.3, -0.25) is 9.48 Å². The fourth-order valence-electron chi connectivity index (χ4n) is 2.23. The first-order valence-electron chi connectivity index (χ1n) is 6.31. The average Bonchev–Trinajstić information content (AvgIpc) is 3.16. The molecule has 0 spiro atoms. The van der Waals surface area contributed by atoms with Crippen LogP contribution in [0.3, 0.4) is 0 Å². The molecule has 4 aromatic rings. The SMILES string of the molecule is Cn1cc(-c2cnn(-c3cnn4ccc(=O)[nH]c34)c2)cn1. The maximum atomic E-state index is 11.5. The lowest BCUT2D eigenvalue weighted by molar-refractivity contribution is 0.768. The second-order valence-corrected chi connectivity index (χ2v) is 4.70. The molecule has 0 saturated heterocycles. The van der Waals surface area contributed by atoms with Crippen molar-refractivity contribution in [3.05, 3.63) is 53.6 Å². The molecule has 4 aromatic heterocycles. The summed E-state index contributed by atoms with van der Waals surface area (Å²) < 4.78 is 5.02. The summed E-state index contributed by atoms with van der Waals surface area (Å²) in [4.78, 5) is 14.2. The number of fused-ring (bicyclic) bond motifs is 1. The van der Waals surface area contributed by atoms with Gasteiger partial charge in [-0.05, 0) is 0 Å². The molecular weight excluding hydrogens is 270 g/mol. The van der Waals surface area contributed by atoms with Gasteiger partial charge in [0, 0.05) is 42.8 Å². The van der Waals surface area contributed by atoms with E-state index in [2.05, 4.69) is 20.3 Å². The van der Waals surface area contributed by atoms with Crippen molar-refractivity contribution in [1.29, 1.82) is 0 Å². The third-order valence-electron chi connectivity index (χ3n) is 3.25. The van der Waals surface area contributed by atoms with E-state index < -0.39 is 0 Å². The Morgan fingerprint density at radius 1 is 1.05 bits per heavy atom.